The highest BCUT2D eigenvalue weighted by molar-refractivity contribution is 5.81. The fourth-order valence-electron chi connectivity index (χ4n) is 1.97. The summed E-state index contributed by atoms with van der Waals surface area (Å²) < 4.78 is 23.1. The Hall–Kier alpha value is -3.44. The van der Waals surface area contributed by atoms with Crippen LogP contribution >= 0.6 is 0 Å². The first kappa shape index (κ1) is 22.6. The number of nitro groups is 1. The summed E-state index contributed by atoms with van der Waals surface area (Å²) in [6.07, 6.45) is -3.77. The quantitative estimate of drug-likeness (QED) is 0.435. The molecule has 0 saturated heterocycles. The average molecular weight is 402 g/mol. The van der Waals surface area contributed by atoms with E-state index in [9.17, 15) is 39.1 Å². The van der Waals surface area contributed by atoms with E-state index in [-0.39, 0.29) is 0 Å². The first-order valence-corrected chi connectivity index (χ1v) is 7.86. The standard InChI is InChI=1S/C16H19FN2O9/c1-16(2,3)28-15(24)18-9(13(20)21)7-12(14(22)23)27-11-5-4-8(17)6-10(11)19(25)26/h4-6,9,12H,7H2,1-3H3,(H,18,24)(H,20,21)(H,22,23). The number of halogens is 1. The molecule has 154 valence electrons. The zero-order valence-electron chi connectivity index (χ0n) is 15.2. The number of carboxylic acid groups (broad SMARTS) is 2. The van der Waals surface area contributed by atoms with Gasteiger partial charge >= 0.3 is 23.7 Å². The van der Waals surface area contributed by atoms with Gasteiger partial charge in [0.2, 0.25) is 0 Å². The molecule has 0 radical (unpaired) electrons. The van der Waals surface area contributed by atoms with Gasteiger partial charge in [-0.25, -0.2) is 18.8 Å². The molecule has 2 unspecified atom stereocenters. The summed E-state index contributed by atoms with van der Waals surface area (Å²) in [4.78, 5) is 44.5. The summed E-state index contributed by atoms with van der Waals surface area (Å²) in [7, 11) is 0. The maximum absolute atomic E-state index is 13.2. The van der Waals surface area contributed by atoms with Crippen LogP contribution in [-0.2, 0) is 14.3 Å². The number of hydrogen-bond acceptors (Lipinski definition) is 7. The number of aliphatic carboxylic acids is 2. The highest BCUT2D eigenvalue weighted by atomic mass is 19.1. The van der Waals surface area contributed by atoms with Crippen molar-refractivity contribution in [2.45, 2.75) is 44.9 Å². The van der Waals surface area contributed by atoms with E-state index in [0.29, 0.717) is 6.07 Å². The lowest BCUT2D eigenvalue weighted by Gasteiger charge is -2.23. The number of nitrogens with zero attached hydrogens (tertiary/aromatic N) is 1. The Labute approximate surface area is 158 Å². The van der Waals surface area contributed by atoms with Crippen molar-refractivity contribution < 1.29 is 43.4 Å². The second kappa shape index (κ2) is 8.97. The number of nitro benzene ring substituents is 1. The molecule has 0 spiro atoms. The summed E-state index contributed by atoms with van der Waals surface area (Å²) >= 11 is 0. The second-order valence-corrected chi connectivity index (χ2v) is 6.59. The first-order chi connectivity index (χ1) is 12.8. The van der Waals surface area contributed by atoms with E-state index in [1.54, 1.807) is 20.8 Å². The normalized spacial score (nSPS) is 13.1. The lowest BCUT2D eigenvalue weighted by molar-refractivity contribution is -0.386. The summed E-state index contributed by atoms with van der Waals surface area (Å²) in [6.45, 7) is 4.62. The van der Waals surface area contributed by atoms with Crippen molar-refractivity contribution in [3.05, 3.63) is 34.1 Å². The number of benzene rings is 1. The summed E-state index contributed by atoms with van der Waals surface area (Å²) in [6, 6.07) is 0.465. The average Bonchev–Trinajstić information content (AvgIpc) is 2.52. The first-order valence-electron chi connectivity index (χ1n) is 7.86. The van der Waals surface area contributed by atoms with Crippen LogP contribution in [0.5, 0.6) is 5.75 Å². The smallest absolute Gasteiger partial charge is 0.408 e. The van der Waals surface area contributed by atoms with Gasteiger partial charge in [0.05, 0.1) is 11.0 Å². The van der Waals surface area contributed by atoms with Crippen LogP contribution in [0.15, 0.2) is 18.2 Å². The Morgan fingerprint density at radius 1 is 1.25 bits per heavy atom. The molecule has 0 aromatic heterocycles. The van der Waals surface area contributed by atoms with Crippen LogP contribution in [0.4, 0.5) is 14.9 Å². The molecule has 0 aliphatic carbocycles. The van der Waals surface area contributed by atoms with Gasteiger partial charge in [-0.15, -0.1) is 0 Å². The fraction of sp³-hybridized carbons (Fsp3) is 0.438. The minimum atomic E-state index is -1.89. The van der Waals surface area contributed by atoms with E-state index in [4.69, 9.17) is 9.47 Å². The Balaban J connectivity index is 3.02. The Morgan fingerprint density at radius 2 is 1.86 bits per heavy atom. The number of nitrogens with one attached hydrogen (secondary N) is 1. The lowest BCUT2D eigenvalue weighted by Crippen LogP contribution is -2.47. The monoisotopic (exact) mass is 402 g/mol. The van der Waals surface area contributed by atoms with Crippen molar-refractivity contribution in [1.29, 1.82) is 0 Å². The maximum Gasteiger partial charge on any atom is 0.408 e. The summed E-state index contributed by atoms with van der Waals surface area (Å²) in [5.41, 5.74) is -1.76. The number of amides is 1. The van der Waals surface area contributed by atoms with Gasteiger partial charge < -0.3 is 25.0 Å². The molecule has 1 rings (SSSR count). The molecule has 0 aliphatic rings. The predicted molar refractivity (Wildman–Crippen MR) is 90.5 cm³/mol. The minimum Gasteiger partial charge on any atom is -0.480 e. The van der Waals surface area contributed by atoms with Gasteiger partial charge in [-0.2, -0.15) is 0 Å². The molecule has 1 aromatic carbocycles. The second-order valence-electron chi connectivity index (χ2n) is 6.59. The number of alkyl carbamates (subject to hydrolysis) is 1. The molecule has 0 aliphatic heterocycles. The van der Waals surface area contributed by atoms with Crippen molar-refractivity contribution in [3.63, 3.8) is 0 Å². The van der Waals surface area contributed by atoms with E-state index in [1.165, 1.54) is 0 Å². The van der Waals surface area contributed by atoms with Crippen molar-refractivity contribution in [3.8, 4) is 5.75 Å². The molecule has 0 saturated carbocycles. The third-order valence-corrected chi connectivity index (χ3v) is 3.10. The molecule has 11 nitrogen and oxygen atoms in total. The molecule has 0 heterocycles. The number of carboxylic acids is 2. The van der Waals surface area contributed by atoms with E-state index < -0.39 is 64.4 Å². The predicted octanol–water partition coefficient (Wildman–Crippen LogP) is 1.93. The molecule has 1 amide bonds. The topological polar surface area (TPSA) is 165 Å². The van der Waals surface area contributed by atoms with Crippen LogP contribution in [0.3, 0.4) is 0 Å². The van der Waals surface area contributed by atoms with Gasteiger partial charge in [-0.3, -0.25) is 10.1 Å². The molecular formula is C16H19FN2O9. The van der Waals surface area contributed by atoms with Crippen LogP contribution in [-0.4, -0.2) is 50.9 Å². The molecule has 2 atom stereocenters. The van der Waals surface area contributed by atoms with Gasteiger partial charge in [-0.05, 0) is 32.9 Å². The van der Waals surface area contributed by atoms with Crippen LogP contribution in [0.2, 0.25) is 0 Å². The SMILES string of the molecule is CC(C)(C)OC(=O)NC(CC(Oc1ccc(F)cc1[N+](=O)[O-])C(=O)O)C(=O)O. The number of hydrogen-bond donors (Lipinski definition) is 3. The van der Waals surface area contributed by atoms with E-state index in [2.05, 4.69) is 0 Å². The van der Waals surface area contributed by atoms with Gasteiger partial charge in [-0.1, -0.05) is 0 Å². The summed E-state index contributed by atoms with van der Waals surface area (Å²) in [5, 5.41) is 31.5. The van der Waals surface area contributed by atoms with E-state index in [1.807, 2.05) is 5.32 Å². The van der Waals surface area contributed by atoms with Gasteiger partial charge in [0.15, 0.2) is 11.9 Å². The van der Waals surface area contributed by atoms with Crippen molar-refractivity contribution >= 4 is 23.7 Å². The number of rotatable bonds is 8. The molecule has 12 heteroatoms. The lowest BCUT2D eigenvalue weighted by atomic mass is 10.1. The van der Waals surface area contributed by atoms with Crippen molar-refractivity contribution in [2.75, 3.05) is 0 Å². The molecule has 3 N–H and O–H groups in total. The molecule has 28 heavy (non-hydrogen) atoms. The molecular weight excluding hydrogens is 383 g/mol. The molecule has 0 fully saturated rings. The summed E-state index contributed by atoms with van der Waals surface area (Å²) in [5.74, 6) is -4.73. The molecule has 0 bridgehead atoms. The van der Waals surface area contributed by atoms with Gasteiger partial charge in [0.25, 0.3) is 0 Å². The zero-order chi connectivity index (χ0) is 21.6. The third kappa shape index (κ3) is 7.05. The Kier molecular flexibility index (Phi) is 7.24. The number of ether oxygens (including phenoxy) is 2. The largest absolute Gasteiger partial charge is 0.480 e. The Morgan fingerprint density at radius 3 is 2.32 bits per heavy atom. The highest BCUT2D eigenvalue weighted by Gasteiger charge is 2.32. The fourth-order valence-corrected chi connectivity index (χ4v) is 1.97. The van der Waals surface area contributed by atoms with Crippen LogP contribution < -0.4 is 10.1 Å². The minimum absolute atomic E-state index is 0.530. The van der Waals surface area contributed by atoms with E-state index >= 15 is 0 Å². The van der Waals surface area contributed by atoms with Crippen LogP contribution in [0.25, 0.3) is 0 Å². The molecule has 1 aromatic rings. The zero-order valence-corrected chi connectivity index (χ0v) is 15.2. The maximum atomic E-state index is 13.2. The highest BCUT2D eigenvalue weighted by Crippen LogP contribution is 2.29. The van der Waals surface area contributed by atoms with E-state index in [0.717, 1.165) is 12.1 Å². The number of carbonyl (C=O) groups is 3. The Bertz CT molecular complexity index is 776. The van der Waals surface area contributed by atoms with Gasteiger partial charge in [0, 0.05) is 6.42 Å². The number of carbonyl (C=O) groups excluding carboxylic acids is 1. The van der Waals surface area contributed by atoms with Gasteiger partial charge in [0.1, 0.15) is 17.5 Å². The van der Waals surface area contributed by atoms with Crippen molar-refractivity contribution in [2.24, 2.45) is 0 Å². The van der Waals surface area contributed by atoms with Crippen molar-refractivity contribution in [1.82, 2.24) is 5.32 Å². The van der Waals surface area contributed by atoms with Crippen LogP contribution in [0, 0.1) is 15.9 Å². The van der Waals surface area contributed by atoms with Crippen LogP contribution in [0.1, 0.15) is 27.2 Å². The third-order valence-electron chi connectivity index (χ3n) is 3.10.